The minimum Gasteiger partial charge on any atom is -0.480 e. The summed E-state index contributed by atoms with van der Waals surface area (Å²) in [4.78, 5) is 97.3. The van der Waals surface area contributed by atoms with Crippen LogP contribution in [-0.2, 0) is 46.4 Å². The second-order valence-corrected chi connectivity index (χ2v) is 15.6. The maximum absolute atomic E-state index is 14.2. The van der Waals surface area contributed by atoms with Gasteiger partial charge in [-0.25, -0.2) is 4.79 Å². The maximum atomic E-state index is 14.2. The Morgan fingerprint density at radius 3 is 1.57 bits per heavy atom. The van der Waals surface area contributed by atoms with Gasteiger partial charge in [0, 0.05) is 19.4 Å². The Bertz CT molecular complexity index is 1780. The smallest absolute Gasteiger partial charge is 0.326 e. The van der Waals surface area contributed by atoms with Crippen molar-refractivity contribution in [3.63, 3.8) is 0 Å². The molecule has 0 aliphatic carbocycles. The zero-order chi connectivity index (χ0) is 46.7. The van der Waals surface area contributed by atoms with E-state index in [1.165, 1.54) is 0 Å². The molecule has 2 aromatic rings. The summed E-state index contributed by atoms with van der Waals surface area (Å²) in [7, 11) is 0. The van der Waals surface area contributed by atoms with E-state index >= 15 is 0 Å². The standard InChI is InChI=1S/C43H68N12O8/c1-27(2)36(55-37(57)30(46)18-9-11-21-44)41(61)50-26-35(56)51-33(24-28-14-5-3-6-15-28)39(59)54-34(25-29-16-7-4-8-17-29)40(60)52-31(19-10-12-22-45)38(58)53-32(42(62)63)20-13-23-49-43(47)48/h3-8,14-17,27,30-34,36H,9-13,18-26,44-46H2,1-2H3,(H,50,61)(H,51,56)(H,52,60)(H,53,58)(H,54,59)(H,55,57)(H,62,63)(H4,47,48,49)/t30-,31-,32-,33-,34-,36-/m0/s1. The molecule has 0 saturated carbocycles. The number of guanidine groups is 1. The fourth-order valence-electron chi connectivity index (χ4n) is 6.42. The first-order valence-electron chi connectivity index (χ1n) is 21.4. The molecule has 0 radical (unpaired) electrons. The Labute approximate surface area is 369 Å². The van der Waals surface area contributed by atoms with Crippen molar-refractivity contribution < 1.29 is 38.7 Å². The van der Waals surface area contributed by atoms with Gasteiger partial charge in [-0.1, -0.05) is 80.9 Å². The molecule has 63 heavy (non-hydrogen) atoms. The molecular weight excluding hydrogens is 813 g/mol. The van der Waals surface area contributed by atoms with Crippen molar-refractivity contribution in [3.8, 4) is 0 Å². The van der Waals surface area contributed by atoms with Gasteiger partial charge in [0.25, 0.3) is 0 Å². The Morgan fingerprint density at radius 2 is 1.06 bits per heavy atom. The van der Waals surface area contributed by atoms with Gasteiger partial charge in [-0.05, 0) is 75.1 Å². The van der Waals surface area contributed by atoms with Crippen molar-refractivity contribution in [2.24, 2.45) is 39.6 Å². The highest BCUT2D eigenvalue weighted by atomic mass is 16.4. The number of amides is 6. The third-order valence-corrected chi connectivity index (χ3v) is 9.97. The number of carboxylic acid groups (broad SMARTS) is 1. The summed E-state index contributed by atoms with van der Waals surface area (Å²) in [6, 6.07) is 10.8. The highest BCUT2D eigenvalue weighted by Gasteiger charge is 2.32. The van der Waals surface area contributed by atoms with Crippen molar-refractivity contribution >= 4 is 47.4 Å². The van der Waals surface area contributed by atoms with Crippen LogP contribution >= 0.6 is 0 Å². The van der Waals surface area contributed by atoms with E-state index in [2.05, 4.69) is 36.9 Å². The number of nitrogens with one attached hydrogen (secondary N) is 6. The summed E-state index contributed by atoms with van der Waals surface area (Å²) in [5.74, 6) is -5.89. The van der Waals surface area contributed by atoms with E-state index in [1.807, 2.05) is 0 Å². The SMILES string of the molecule is CC(C)[C@H](NC(=O)[C@@H](N)CCCCN)C(=O)NCC(=O)N[C@@H](Cc1ccccc1)C(=O)N[C@@H](Cc1ccccc1)C(=O)N[C@@H](CCCCN)C(=O)N[C@@H](CCCN=C(N)N)C(=O)O. The van der Waals surface area contributed by atoms with Crippen molar-refractivity contribution in [3.05, 3.63) is 71.8 Å². The van der Waals surface area contributed by atoms with Gasteiger partial charge >= 0.3 is 5.97 Å². The van der Waals surface area contributed by atoms with Crippen LogP contribution in [0.4, 0.5) is 0 Å². The van der Waals surface area contributed by atoms with E-state index < -0.39 is 84.2 Å². The molecule has 0 aliphatic rings. The summed E-state index contributed by atoms with van der Waals surface area (Å²) < 4.78 is 0. The number of benzene rings is 2. The van der Waals surface area contributed by atoms with Crippen LogP contribution in [-0.4, -0.2) is 115 Å². The van der Waals surface area contributed by atoms with Crippen LogP contribution in [0.1, 0.15) is 76.3 Å². The molecule has 17 N–H and O–H groups in total. The van der Waals surface area contributed by atoms with Crippen LogP contribution in [0.25, 0.3) is 0 Å². The third kappa shape index (κ3) is 21.0. The summed E-state index contributed by atoms with van der Waals surface area (Å²) in [5, 5.41) is 25.7. The van der Waals surface area contributed by atoms with Crippen LogP contribution in [0.3, 0.4) is 0 Å². The molecule has 0 heterocycles. The Hall–Kier alpha value is -6.12. The fourth-order valence-corrected chi connectivity index (χ4v) is 6.42. The van der Waals surface area contributed by atoms with E-state index in [9.17, 15) is 38.7 Å². The lowest BCUT2D eigenvalue weighted by Gasteiger charge is -2.26. The number of carbonyl (C=O) groups is 7. The van der Waals surface area contributed by atoms with Gasteiger partial charge in [-0.2, -0.15) is 0 Å². The number of nitrogens with two attached hydrogens (primary N) is 5. The Morgan fingerprint density at radius 1 is 0.587 bits per heavy atom. The third-order valence-electron chi connectivity index (χ3n) is 9.97. The van der Waals surface area contributed by atoms with E-state index in [-0.39, 0.29) is 50.5 Å². The summed E-state index contributed by atoms with van der Waals surface area (Å²) in [6.45, 7) is 3.84. The molecular formula is C43H68N12O8. The van der Waals surface area contributed by atoms with E-state index in [4.69, 9.17) is 28.7 Å². The maximum Gasteiger partial charge on any atom is 0.326 e. The number of aliphatic carboxylic acids is 1. The van der Waals surface area contributed by atoms with Gasteiger partial charge in [0.05, 0.1) is 12.6 Å². The van der Waals surface area contributed by atoms with E-state index in [1.54, 1.807) is 74.5 Å². The van der Waals surface area contributed by atoms with Crippen LogP contribution in [0.15, 0.2) is 65.7 Å². The van der Waals surface area contributed by atoms with Gasteiger partial charge in [-0.15, -0.1) is 0 Å². The number of hydrogen-bond donors (Lipinski definition) is 12. The Kier molecular flexibility index (Phi) is 24.6. The Balaban J connectivity index is 2.32. The molecule has 20 heteroatoms. The van der Waals surface area contributed by atoms with Crippen molar-refractivity contribution in [2.75, 3.05) is 26.2 Å². The lowest BCUT2D eigenvalue weighted by atomic mass is 10.0. The molecule has 348 valence electrons. The predicted octanol–water partition coefficient (Wildman–Crippen LogP) is -1.61. The lowest BCUT2D eigenvalue weighted by Crippen LogP contribution is -2.59. The molecule has 0 saturated heterocycles. The topological polar surface area (TPSA) is 354 Å². The number of aliphatic imine (C=N–C) groups is 1. The van der Waals surface area contributed by atoms with Gasteiger partial charge in [-0.3, -0.25) is 33.8 Å². The number of nitrogens with zero attached hydrogens (tertiary/aromatic N) is 1. The minimum absolute atomic E-state index is 0.00262. The van der Waals surface area contributed by atoms with Crippen LogP contribution in [0.2, 0.25) is 0 Å². The largest absolute Gasteiger partial charge is 0.480 e. The second-order valence-electron chi connectivity index (χ2n) is 15.6. The molecule has 6 amide bonds. The first kappa shape index (κ1) is 53.0. The molecule has 20 nitrogen and oxygen atoms in total. The van der Waals surface area contributed by atoms with Crippen molar-refractivity contribution in [1.29, 1.82) is 0 Å². The zero-order valence-electron chi connectivity index (χ0n) is 36.4. The average Bonchev–Trinajstić information content (AvgIpc) is 3.25. The number of hydrogen-bond acceptors (Lipinski definition) is 11. The second kappa shape index (κ2) is 29.2. The van der Waals surface area contributed by atoms with Gasteiger partial charge in [0.1, 0.15) is 30.2 Å². The molecule has 2 aromatic carbocycles. The molecule has 0 unspecified atom stereocenters. The summed E-state index contributed by atoms with van der Waals surface area (Å²) in [6.07, 6.45) is 3.02. The highest BCUT2D eigenvalue weighted by Crippen LogP contribution is 2.10. The first-order chi connectivity index (χ1) is 30.1. The highest BCUT2D eigenvalue weighted by molar-refractivity contribution is 5.96. The van der Waals surface area contributed by atoms with Gasteiger partial charge < -0.3 is 65.7 Å². The molecule has 0 bridgehead atoms. The lowest BCUT2D eigenvalue weighted by molar-refractivity contribution is -0.142. The normalized spacial score (nSPS) is 13.8. The van der Waals surface area contributed by atoms with Gasteiger partial charge in [0.2, 0.25) is 35.4 Å². The summed E-state index contributed by atoms with van der Waals surface area (Å²) >= 11 is 0. The average molecular weight is 881 g/mol. The fraction of sp³-hybridized carbons (Fsp3) is 0.535. The predicted molar refractivity (Wildman–Crippen MR) is 239 cm³/mol. The number of unbranched alkanes of at least 4 members (excludes halogenated alkanes) is 2. The molecule has 6 atom stereocenters. The van der Waals surface area contributed by atoms with E-state index in [0.29, 0.717) is 56.3 Å². The molecule has 0 fully saturated rings. The quantitative estimate of drug-likeness (QED) is 0.0239. The van der Waals surface area contributed by atoms with Crippen LogP contribution in [0.5, 0.6) is 0 Å². The molecule has 0 spiro atoms. The number of rotatable bonds is 30. The first-order valence-corrected chi connectivity index (χ1v) is 21.4. The molecule has 2 rings (SSSR count). The molecule has 0 aromatic heterocycles. The van der Waals surface area contributed by atoms with Crippen LogP contribution in [0, 0.1) is 5.92 Å². The van der Waals surface area contributed by atoms with Crippen LogP contribution < -0.4 is 60.6 Å². The monoisotopic (exact) mass is 881 g/mol. The summed E-state index contributed by atoms with van der Waals surface area (Å²) in [5.41, 5.74) is 29.3. The van der Waals surface area contributed by atoms with Crippen molar-refractivity contribution in [1.82, 2.24) is 31.9 Å². The number of carboxylic acids is 1. The van der Waals surface area contributed by atoms with Gasteiger partial charge in [0.15, 0.2) is 5.96 Å². The van der Waals surface area contributed by atoms with Crippen molar-refractivity contribution in [2.45, 2.75) is 114 Å². The minimum atomic E-state index is -1.31. The molecule has 0 aliphatic heterocycles. The number of carbonyl (C=O) groups excluding carboxylic acids is 6. The zero-order valence-corrected chi connectivity index (χ0v) is 36.4. The van der Waals surface area contributed by atoms with E-state index in [0.717, 1.165) is 0 Å².